The molecule has 0 spiro atoms. The van der Waals surface area contributed by atoms with Crippen LogP contribution in [0.3, 0.4) is 0 Å². The average Bonchev–Trinajstić information content (AvgIpc) is 3.48. The zero-order chi connectivity index (χ0) is 28.3. The highest BCUT2D eigenvalue weighted by atomic mass is 16.3. The van der Waals surface area contributed by atoms with Crippen LogP contribution in [0.1, 0.15) is 0 Å². The van der Waals surface area contributed by atoms with E-state index < -0.39 is 0 Å². The third-order valence-electron chi connectivity index (χ3n) is 8.84. The predicted molar refractivity (Wildman–Crippen MR) is 183 cm³/mol. The van der Waals surface area contributed by atoms with E-state index in [-0.39, 0.29) is 0 Å². The molecule has 0 N–H and O–H groups in total. The lowest BCUT2D eigenvalue weighted by atomic mass is 9.84. The van der Waals surface area contributed by atoms with Crippen LogP contribution in [0, 0.1) is 0 Å². The van der Waals surface area contributed by atoms with Crippen LogP contribution in [0.4, 0.5) is 0 Å². The molecule has 9 aromatic rings. The van der Waals surface area contributed by atoms with Crippen molar-refractivity contribution in [1.82, 2.24) is 0 Å². The van der Waals surface area contributed by atoms with Gasteiger partial charge in [0.2, 0.25) is 0 Å². The minimum absolute atomic E-state index is 0.904. The molecular weight excluding hydrogens is 520 g/mol. The molecule has 0 aliphatic heterocycles. The van der Waals surface area contributed by atoms with E-state index in [1.54, 1.807) is 0 Å². The molecule has 0 fully saturated rings. The molecule has 0 aliphatic rings. The van der Waals surface area contributed by atoms with Gasteiger partial charge in [0.25, 0.3) is 0 Å². The fourth-order valence-electron chi connectivity index (χ4n) is 7.04. The maximum absolute atomic E-state index is 6.83. The second-order valence-electron chi connectivity index (χ2n) is 11.2. The largest absolute Gasteiger partial charge is 0.455 e. The zero-order valence-electron chi connectivity index (χ0n) is 23.4. The summed E-state index contributed by atoms with van der Waals surface area (Å²) in [6, 6.07) is 56.6. The van der Waals surface area contributed by atoms with Crippen molar-refractivity contribution in [1.29, 1.82) is 0 Å². The van der Waals surface area contributed by atoms with Gasteiger partial charge < -0.3 is 4.42 Å². The summed E-state index contributed by atoms with van der Waals surface area (Å²) in [5, 5.41) is 9.73. The lowest BCUT2D eigenvalue weighted by Gasteiger charge is -2.18. The maximum Gasteiger partial charge on any atom is 0.143 e. The lowest BCUT2D eigenvalue weighted by Crippen LogP contribution is -1.91. The molecule has 0 saturated carbocycles. The summed E-state index contributed by atoms with van der Waals surface area (Å²) in [5.74, 6) is 0. The quantitative estimate of drug-likeness (QED) is 0.201. The minimum atomic E-state index is 0.904. The summed E-state index contributed by atoms with van der Waals surface area (Å²) in [6.45, 7) is 0. The van der Waals surface area contributed by atoms with Gasteiger partial charge in [0.05, 0.1) is 0 Å². The van der Waals surface area contributed by atoms with Crippen molar-refractivity contribution in [2.75, 3.05) is 0 Å². The second kappa shape index (κ2) is 9.44. The van der Waals surface area contributed by atoms with Crippen LogP contribution < -0.4 is 0 Å². The second-order valence-corrected chi connectivity index (χ2v) is 11.2. The van der Waals surface area contributed by atoms with E-state index in [1.807, 2.05) is 0 Å². The van der Waals surface area contributed by atoms with Crippen molar-refractivity contribution in [2.24, 2.45) is 0 Å². The Morgan fingerprint density at radius 1 is 0.349 bits per heavy atom. The first kappa shape index (κ1) is 24.0. The molecule has 1 heterocycles. The number of hydrogen-bond acceptors (Lipinski definition) is 1. The molecule has 43 heavy (non-hydrogen) atoms. The predicted octanol–water partition coefficient (Wildman–Crippen LogP) is 12.0. The van der Waals surface area contributed by atoms with E-state index in [4.69, 9.17) is 4.42 Å². The zero-order valence-corrected chi connectivity index (χ0v) is 23.4. The van der Waals surface area contributed by atoms with Crippen molar-refractivity contribution >= 4 is 54.3 Å². The number of hydrogen-bond donors (Lipinski definition) is 0. The fraction of sp³-hybridized carbons (Fsp3) is 0. The number of benzene rings is 8. The molecule has 0 radical (unpaired) electrons. The van der Waals surface area contributed by atoms with Gasteiger partial charge >= 0.3 is 0 Å². The molecule has 200 valence electrons. The van der Waals surface area contributed by atoms with Gasteiger partial charge in [0.1, 0.15) is 11.2 Å². The van der Waals surface area contributed by atoms with Crippen molar-refractivity contribution in [3.05, 3.63) is 158 Å². The number of furan rings is 1. The summed E-state index contributed by atoms with van der Waals surface area (Å²) in [7, 11) is 0. The Balaban J connectivity index is 1.49. The van der Waals surface area contributed by atoms with Crippen molar-refractivity contribution in [2.45, 2.75) is 0 Å². The van der Waals surface area contributed by atoms with Gasteiger partial charge in [-0.25, -0.2) is 0 Å². The van der Waals surface area contributed by atoms with Crippen LogP contribution in [0.25, 0.3) is 87.6 Å². The van der Waals surface area contributed by atoms with E-state index in [0.29, 0.717) is 0 Å². The number of fused-ring (bicyclic) bond motifs is 7. The van der Waals surface area contributed by atoms with Gasteiger partial charge in [0.15, 0.2) is 0 Å². The van der Waals surface area contributed by atoms with E-state index in [2.05, 4.69) is 158 Å². The molecule has 0 unspecified atom stereocenters. The molecule has 0 amide bonds. The normalized spacial score (nSPS) is 11.7. The van der Waals surface area contributed by atoms with Gasteiger partial charge in [-0.2, -0.15) is 0 Å². The molecule has 0 aliphatic carbocycles. The molecule has 1 heteroatoms. The van der Waals surface area contributed by atoms with Gasteiger partial charge in [-0.1, -0.05) is 146 Å². The minimum Gasteiger partial charge on any atom is -0.455 e. The van der Waals surface area contributed by atoms with Crippen LogP contribution in [0.2, 0.25) is 0 Å². The van der Waals surface area contributed by atoms with Gasteiger partial charge in [0, 0.05) is 16.3 Å². The van der Waals surface area contributed by atoms with E-state index in [0.717, 1.165) is 27.7 Å². The summed E-state index contributed by atoms with van der Waals surface area (Å²) >= 11 is 0. The van der Waals surface area contributed by atoms with Gasteiger partial charge in [-0.3, -0.25) is 0 Å². The third-order valence-corrected chi connectivity index (χ3v) is 8.84. The Morgan fingerprint density at radius 3 is 1.53 bits per heavy atom. The summed E-state index contributed by atoms with van der Waals surface area (Å²) in [4.78, 5) is 0. The standard InChI is InChI=1S/C42H26O/c1-3-14-27(15-4-1)36-26-29-18-7-8-19-30(29)41-40-35(24-13-25-37(40)43-42(36)41)39-33-22-11-9-20-31(33)38(28-16-5-2-6-17-28)32-21-10-12-23-34(32)39/h1-26H. The van der Waals surface area contributed by atoms with Crippen molar-refractivity contribution in [3.63, 3.8) is 0 Å². The van der Waals surface area contributed by atoms with Gasteiger partial charge in [-0.15, -0.1) is 0 Å². The van der Waals surface area contributed by atoms with Crippen molar-refractivity contribution in [3.8, 4) is 33.4 Å². The average molecular weight is 547 g/mol. The van der Waals surface area contributed by atoms with Crippen LogP contribution in [-0.2, 0) is 0 Å². The topological polar surface area (TPSA) is 13.1 Å². The molecule has 1 nitrogen and oxygen atoms in total. The number of rotatable bonds is 3. The van der Waals surface area contributed by atoms with E-state index in [9.17, 15) is 0 Å². The smallest absolute Gasteiger partial charge is 0.143 e. The first-order valence-corrected chi connectivity index (χ1v) is 14.8. The summed E-state index contributed by atoms with van der Waals surface area (Å²) in [6.07, 6.45) is 0. The monoisotopic (exact) mass is 546 g/mol. The maximum atomic E-state index is 6.83. The Morgan fingerprint density at radius 2 is 0.884 bits per heavy atom. The molecule has 8 aromatic carbocycles. The summed E-state index contributed by atoms with van der Waals surface area (Å²) < 4.78 is 6.83. The molecule has 0 saturated heterocycles. The Labute approximate surface area is 249 Å². The molecule has 1 aromatic heterocycles. The van der Waals surface area contributed by atoms with Crippen LogP contribution in [0.15, 0.2) is 162 Å². The Hall–Kier alpha value is -5.66. The molecular formula is C42H26O. The summed E-state index contributed by atoms with van der Waals surface area (Å²) in [5.41, 5.74) is 9.05. The molecule has 0 bridgehead atoms. The highest BCUT2D eigenvalue weighted by molar-refractivity contribution is 6.30. The van der Waals surface area contributed by atoms with E-state index in [1.165, 1.54) is 60.0 Å². The molecule has 0 atom stereocenters. The van der Waals surface area contributed by atoms with Crippen LogP contribution in [-0.4, -0.2) is 0 Å². The van der Waals surface area contributed by atoms with Gasteiger partial charge in [-0.05, 0) is 72.3 Å². The highest BCUT2D eigenvalue weighted by Crippen LogP contribution is 2.49. The Bertz CT molecular complexity index is 2430. The fourth-order valence-corrected chi connectivity index (χ4v) is 7.04. The lowest BCUT2D eigenvalue weighted by molar-refractivity contribution is 0.670. The van der Waals surface area contributed by atoms with Crippen LogP contribution in [0.5, 0.6) is 0 Å². The van der Waals surface area contributed by atoms with Crippen LogP contribution >= 0.6 is 0 Å². The molecule has 9 rings (SSSR count). The highest BCUT2D eigenvalue weighted by Gasteiger charge is 2.22. The first-order chi connectivity index (χ1) is 21.4. The first-order valence-electron chi connectivity index (χ1n) is 14.8. The van der Waals surface area contributed by atoms with E-state index >= 15 is 0 Å². The third kappa shape index (κ3) is 3.58. The SMILES string of the molecule is c1ccc(-c2c3ccccc3c(-c3cccc4oc5c(-c6ccccc6)cc6ccccc6c5c34)c3ccccc23)cc1. The van der Waals surface area contributed by atoms with Crippen molar-refractivity contribution < 1.29 is 4.42 Å². The Kier molecular flexibility index (Phi) is 5.27.